The van der Waals surface area contributed by atoms with Crippen molar-refractivity contribution in [1.29, 1.82) is 0 Å². The van der Waals surface area contributed by atoms with Crippen molar-refractivity contribution in [3.63, 3.8) is 0 Å². The van der Waals surface area contributed by atoms with Crippen LogP contribution in [0.3, 0.4) is 0 Å². The zero-order valence-corrected chi connectivity index (χ0v) is 11.7. The molecular weight excluding hydrogens is 333 g/mol. The topological polar surface area (TPSA) is 24.4 Å². The Morgan fingerprint density at radius 2 is 1.65 bits per heavy atom. The lowest BCUT2D eigenvalue weighted by Crippen LogP contribution is -2.08. The van der Waals surface area contributed by atoms with Gasteiger partial charge in [-0.05, 0) is 18.2 Å². The van der Waals surface area contributed by atoms with Crippen LogP contribution in [0.1, 0.15) is 11.1 Å². The molecule has 0 fully saturated rings. The molecule has 0 unspecified atom stereocenters. The van der Waals surface area contributed by atoms with E-state index in [1.165, 1.54) is 24.4 Å². The Bertz CT molecular complexity index is 624. The number of hydrazone groups is 1. The molecule has 0 aromatic heterocycles. The molecule has 0 spiro atoms. The highest BCUT2D eigenvalue weighted by Crippen LogP contribution is 2.34. The number of nitrogens with one attached hydrogen (secondary N) is 1. The van der Waals surface area contributed by atoms with Crippen molar-refractivity contribution in [3.05, 3.63) is 64.1 Å². The number of anilines is 1. The van der Waals surface area contributed by atoms with E-state index in [1.807, 2.05) is 18.2 Å². The SMILES string of the molecule is FC(F)(F)c1ccccc1N/N=C\c1ccccc1Br. The molecule has 0 saturated heterocycles. The van der Waals surface area contributed by atoms with Gasteiger partial charge in [-0.25, -0.2) is 0 Å². The predicted octanol–water partition coefficient (Wildman–Crippen LogP) is 4.91. The van der Waals surface area contributed by atoms with Gasteiger partial charge in [-0.1, -0.05) is 46.3 Å². The smallest absolute Gasteiger partial charge is 0.278 e. The van der Waals surface area contributed by atoms with Crippen LogP contribution in [-0.4, -0.2) is 6.21 Å². The molecule has 0 bridgehead atoms. The van der Waals surface area contributed by atoms with Gasteiger partial charge >= 0.3 is 6.18 Å². The van der Waals surface area contributed by atoms with Crippen molar-refractivity contribution in [2.45, 2.75) is 6.18 Å². The molecule has 2 aromatic rings. The quantitative estimate of drug-likeness (QED) is 0.621. The Balaban J connectivity index is 2.18. The largest absolute Gasteiger partial charge is 0.418 e. The Hall–Kier alpha value is -1.82. The van der Waals surface area contributed by atoms with E-state index in [0.29, 0.717) is 0 Å². The summed E-state index contributed by atoms with van der Waals surface area (Å²) in [6.07, 6.45) is -2.95. The van der Waals surface area contributed by atoms with Gasteiger partial charge in [0.05, 0.1) is 17.5 Å². The van der Waals surface area contributed by atoms with Gasteiger partial charge in [0.25, 0.3) is 0 Å². The fourth-order valence-corrected chi connectivity index (χ4v) is 1.97. The summed E-state index contributed by atoms with van der Waals surface area (Å²) in [4.78, 5) is 0. The Morgan fingerprint density at radius 3 is 2.35 bits per heavy atom. The lowest BCUT2D eigenvalue weighted by atomic mass is 10.2. The number of alkyl halides is 3. The first-order valence-corrected chi connectivity index (χ1v) is 6.47. The third-order valence-corrected chi connectivity index (χ3v) is 3.25. The molecule has 104 valence electrons. The monoisotopic (exact) mass is 342 g/mol. The van der Waals surface area contributed by atoms with E-state index in [0.717, 1.165) is 16.1 Å². The average molecular weight is 343 g/mol. The number of nitrogens with zero attached hydrogens (tertiary/aromatic N) is 1. The highest BCUT2D eigenvalue weighted by atomic mass is 79.9. The van der Waals surface area contributed by atoms with Crippen molar-refractivity contribution >= 4 is 27.8 Å². The number of benzene rings is 2. The minimum atomic E-state index is -4.41. The molecule has 2 nitrogen and oxygen atoms in total. The van der Waals surface area contributed by atoms with E-state index in [4.69, 9.17) is 0 Å². The van der Waals surface area contributed by atoms with Gasteiger partial charge in [0.1, 0.15) is 0 Å². The van der Waals surface area contributed by atoms with Crippen LogP contribution in [0, 0.1) is 0 Å². The van der Waals surface area contributed by atoms with Crippen LogP contribution in [0.5, 0.6) is 0 Å². The zero-order valence-electron chi connectivity index (χ0n) is 10.2. The highest BCUT2D eigenvalue weighted by molar-refractivity contribution is 9.10. The summed E-state index contributed by atoms with van der Waals surface area (Å²) in [5, 5.41) is 3.84. The van der Waals surface area contributed by atoms with Crippen LogP contribution in [0.25, 0.3) is 0 Å². The molecule has 1 N–H and O–H groups in total. The summed E-state index contributed by atoms with van der Waals surface area (Å²) < 4.78 is 39.1. The van der Waals surface area contributed by atoms with Crippen molar-refractivity contribution in [3.8, 4) is 0 Å². The lowest BCUT2D eigenvalue weighted by Gasteiger charge is -2.11. The third-order valence-electron chi connectivity index (χ3n) is 2.53. The maximum atomic E-state index is 12.8. The van der Waals surface area contributed by atoms with Crippen LogP contribution < -0.4 is 5.43 Å². The summed E-state index contributed by atoms with van der Waals surface area (Å²) in [7, 11) is 0. The van der Waals surface area contributed by atoms with Gasteiger partial charge in [-0.15, -0.1) is 0 Å². The first-order chi connectivity index (χ1) is 9.48. The van der Waals surface area contributed by atoms with Crippen molar-refractivity contribution in [2.75, 3.05) is 5.43 Å². The molecule has 0 amide bonds. The van der Waals surface area contributed by atoms with Gasteiger partial charge < -0.3 is 0 Å². The van der Waals surface area contributed by atoms with E-state index in [-0.39, 0.29) is 5.69 Å². The van der Waals surface area contributed by atoms with Crippen LogP contribution in [0.15, 0.2) is 58.1 Å². The second-order valence-corrected chi connectivity index (χ2v) is 4.79. The van der Waals surface area contributed by atoms with E-state index >= 15 is 0 Å². The van der Waals surface area contributed by atoms with E-state index in [2.05, 4.69) is 26.5 Å². The van der Waals surface area contributed by atoms with E-state index in [1.54, 1.807) is 6.07 Å². The lowest BCUT2D eigenvalue weighted by molar-refractivity contribution is -0.136. The summed E-state index contributed by atoms with van der Waals surface area (Å²) in [6, 6.07) is 12.5. The van der Waals surface area contributed by atoms with E-state index in [9.17, 15) is 13.2 Å². The molecule has 20 heavy (non-hydrogen) atoms. The van der Waals surface area contributed by atoms with Gasteiger partial charge in [0, 0.05) is 10.0 Å². The van der Waals surface area contributed by atoms with Crippen molar-refractivity contribution in [1.82, 2.24) is 0 Å². The summed E-state index contributed by atoms with van der Waals surface area (Å²) >= 11 is 3.33. The second kappa shape index (κ2) is 6.09. The number of hydrogen-bond donors (Lipinski definition) is 1. The van der Waals surface area contributed by atoms with E-state index < -0.39 is 11.7 Å². The van der Waals surface area contributed by atoms with Crippen LogP contribution in [0.4, 0.5) is 18.9 Å². The maximum absolute atomic E-state index is 12.8. The molecule has 0 atom stereocenters. The van der Waals surface area contributed by atoms with Gasteiger partial charge in [0.15, 0.2) is 0 Å². The molecule has 0 radical (unpaired) electrons. The molecule has 2 rings (SSSR count). The Morgan fingerprint density at radius 1 is 1.00 bits per heavy atom. The number of para-hydroxylation sites is 1. The van der Waals surface area contributed by atoms with Gasteiger partial charge in [-0.3, -0.25) is 5.43 Å². The van der Waals surface area contributed by atoms with Gasteiger partial charge in [0.2, 0.25) is 0 Å². The molecule has 0 aliphatic rings. The Labute approximate surface area is 122 Å². The summed E-state index contributed by atoms with van der Waals surface area (Å²) in [6.45, 7) is 0. The summed E-state index contributed by atoms with van der Waals surface area (Å²) in [5.41, 5.74) is 2.37. The normalized spacial score (nSPS) is 11.8. The molecule has 6 heteroatoms. The first-order valence-electron chi connectivity index (χ1n) is 5.68. The Kier molecular flexibility index (Phi) is 4.44. The molecule has 0 aliphatic heterocycles. The van der Waals surface area contributed by atoms with Crippen molar-refractivity contribution < 1.29 is 13.2 Å². The third kappa shape index (κ3) is 3.60. The molecule has 2 aromatic carbocycles. The molecule has 0 saturated carbocycles. The second-order valence-electron chi connectivity index (χ2n) is 3.93. The fourth-order valence-electron chi connectivity index (χ4n) is 1.58. The minimum Gasteiger partial charge on any atom is -0.278 e. The molecule has 0 aliphatic carbocycles. The highest BCUT2D eigenvalue weighted by Gasteiger charge is 2.33. The molecular formula is C14H10BrF3N2. The first kappa shape index (κ1) is 14.6. The van der Waals surface area contributed by atoms with Gasteiger partial charge in [-0.2, -0.15) is 18.3 Å². The van der Waals surface area contributed by atoms with Crippen LogP contribution in [-0.2, 0) is 6.18 Å². The summed E-state index contributed by atoms with van der Waals surface area (Å²) in [5.74, 6) is 0. The number of rotatable bonds is 3. The van der Waals surface area contributed by atoms with Crippen molar-refractivity contribution in [2.24, 2.45) is 5.10 Å². The average Bonchev–Trinajstić information content (AvgIpc) is 2.40. The minimum absolute atomic E-state index is 0.0803. The zero-order chi connectivity index (χ0) is 14.6. The predicted molar refractivity (Wildman–Crippen MR) is 76.8 cm³/mol. The number of hydrogen-bond acceptors (Lipinski definition) is 2. The van der Waals surface area contributed by atoms with Crippen LogP contribution >= 0.6 is 15.9 Å². The maximum Gasteiger partial charge on any atom is 0.418 e. The standard InChI is InChI=1S/C14H10BrF3N2/c15-12-7-3-1-5-10(12)9-19-20-13-8-4-2-6-11(13)14(16,17)18/h1-9,20H/b19-9-. The molecule has 0 heterocycles. The fraction of sp³-hybridized carbons (Fsp3) is 0.0714. The van der Waals surface area contributed by atoms with Crippen LogP contribution in [0.2, 0.25) is 0 Å². The number of halogens is 4.